The van der Waals surface area contributed by atoms with Gasteiger partial charge < -0.3 is 8.83 Å². The van der Waals surface area contributed by atoms with E-state index in [0.29, 0.717) is 11.5 Å². The number of fused-ring (bicyclic) bond motifs is 6. The molecule has 5 heteroatoms. The fourth-order valence-corrected chi connectivity index (χ4v) is 7.12. The Morgan fingerprint density at radius 3 is 1.45 bits per heavy atom. The van der Waals surface area contributed by atoms with Gasteiger partial charge in [-0.05, 0) is 71.8 Å². The van der Waals surface area contributed by atoms with Crippen molar-refractivity contribution in [1.29, 1.82) is 0 Å². The van der Waals surface area contributed by atoms with Crippen LogP contribution in [-0.4, -0.2) is 9.97 Å². The molecule has 0 aliphatic heterocycles. The number of hydrogen-bond acceptors (Lipinski definition) is 4. The smallest absolute Gasteiger partial charge is 0.160 e. The van der Waals surface area contributed by atoms with Gasteiger partial charge >= 0.3 is 0 Å². The molecule has 0 saturated heterocycles. The highest BCUT2D eigenvalue weighted by Crippen LogP contribution is 2.42. The molecule has 0 amide bonds. The number of aromatic nitrogens is 2. The summed E-state index contributed by atoms with van der Waals surface area (Å²) < 4.78 is 27.1. The van der Waals surface area contributed by atoms with Crippen LogP contribution in [0.2, 0.25) is 0 Å². The van der Waals surface area contributed by atoms with Crippen LogP contribution in [0, 0.1) is 5.82 Å². The van der Waals surface area contributed by atoms with Crippen molar-refractivity contribution in [2.24, 2.45) is 0 Å². The van der Waals surface area contributed by atoms with Gasteiger partial charge in [-0.3, -0.25) is 0 Å². The number of halogens is 1. The zero-order valence-corrected chi connectivity index (χ0v) is 27.2. The Balaban J connectivity index is 1.26. The molecule has 0 spiro atoms. The molecule has 10 rings (SSSR count). The molecule has 3 aromatic heterocycles. The minimum atomic E-state index is -0.298. The summed E-state index contributed by atoms with van der Waals surface area (Å²) in [7, 11) is 0. The van der Waals surface area contributed by atoms with Crippen LogP contribution < -0.4 is 0 Å². The number of rotatable bonds is 5. The maximum absolute atomic E-state index is 14.0. The van der Waals surface area contributed by atoms with Crippen LogP contribution in [0.1, 0.15) is 0 Å². The molecule has 0 atom stereocenters. The van der Waals surface area contributed by atoms with Crippen molar-refractivity contribution < 1.29 is 13.2 Å². The molecule has 0 N–H and O–H groups in total. The maximum atomic E-state index is 14.0. The Bertz CT molecular complexity index is 2790. The van der Waals surface area contributed by atoms with E-state index in [1.807, 2.05) is 72.8 Å². The zero-order chi connectivity index (χ0) is 33.9. The fraction of sp³-hybridized carbons (Fsp3) is 0. The third kappa shape index (κ3) is 4.98. The molecule has 240 valence electrons. The van der Waals surface area contributed by atoms with E-state index < -0.39 is 0 Å². The predicted molar refractivity (Wildman–Crippen MR) is 204 cm³/mol. The molecule has 7 aromatic carbocycles. The number of para-hydroxylation sites is 4. The third-order valence-electron chi connectivity index (χ3n) is 9.56. The van der Waals surface area contributed by atoms with Crippen molar-refractivity contribution >= 4 is 43.9 Å². The van der Waals surface area contributed by atoms with Crippen LogP contribution in [0.25, 0.3) is 100 Å². The molecule has 0 fully saturated rings. The van der Waals surface area contributed by atoms with E-state index in [1.54, 1.807) is 12.1 Å². The first-order valence-corrected chi connectivity index (χ1v) is 16.8. The Kier molecular flexibility index (Phi) is 6.64. The van der Waals surface area contributed by atoms with Gasteiger partial charge in [0.05, 0.1) is 11.4 Å². The first-order valence-electron chi connectivity index (χ1n) is 16.8. The number of benzene rings is 7. The second-order valence-corrected chi connectivity index (χ2v) is 12.7. The molecular weight excluding hydrogens is 632 g/mol. The van der Waals surface area contributed by atoms with Crippen molar-refractivity contribution in [3.8, 4) is 56.2 Å². The van der Waals surface area contributed by atoms with Crippen molar-refractivity contribution in [3.63, 3.8) is 0 Å². The standard InChI is InChI=1S/C46H27FN2O2/c47-33-22-20-28(21-23-33)40-27-41(49-46(48-40)29-10-2-1-3-11-29)32-25-30(34-14-8-16-38-36-12-4-6-18-42(36)50-44(34)38)24-31(26-32)35-15-9-17-39-37-13-5-7-19-43(37)51-45(35)39/h1-27H. The van der Waals surface area contributed by atoms with Gasteiger partial charge in [0.1, 0.15) is 28.1 Å². The summed E-state index contributed by atoms with van der Waals surface area (Å²) in [6, 6.07) is 53.7. The van der Waals surface area contributed by atoms with Crippen LogP contribution in [0.4, 0.5) is 4.39 Å². The first kappa shape index (κ1) is 29.1. The lowest BCUT2D eigenvalue weighted by molar-refractivity contribution is 0.628. The van der Waals surface area contributed by atoms with Crippen LogP contribution in [0.15, 0.2) is 173 Å². The van der Waals surface area contributed by atoms with Gasteiger partial charge in [-0.1, -0.05) is 103 Å². The maximum Gasteiger partial charge on any atom is 0.160 e. The normalized spacial score (nSPS) is 11.6. The van der Waals surface area contributed by atoms with E-state index in [0.717, 1.165) is 88.5 Å². The largest absolute Gasteiger partial charge is 0.455 e. The van der Waals surface area contributed by atoms with E-state index in [-0.39, 0.29) is 5.82 Å². The zero-order valence-electron chi connectivity index (χ0n) is 27.2. The highest BCUT2D eigenvalue weighted by Gasteiger charge is 2.19. The lowest BCUT2D eigenvalue weighted by Gasteiger charge is -2.13. The molecule has 0 radical (unpaired) electrons. The lowest BCUT2D eigenvalue weighted by atomic mass is 9.93. The number of hydrogen-bond donors (Lipinski definition) is 0. The van der Waals surface area contributed by atoms with Gasteiger partial charge in [-0.15, -0.1) is 0 Å². The number of furan rings is 2. The molecule has 0 aliphatic carbocycles. The fourth-order valence-electron chi connectivity index (χ4n) is 7.12. The predicted octanol–water partition coefficient (Wildman–Crippen LogP) is 12.7. The van der Waals surface area contributed by atoms with E-state index >= 15 is 0 Å². The molecular formula is C46H27FN2O2. The van der Waals surface area contributed by atoms with Gasteiger partial charge in [-0.25, -0.2) is 14.4 Å². The topological polar surface area (TPSA) is 52.1 Å². The van der Waals surface area contributed by atoms with E-state index in [9.17, 15) is 4.39 Å². The van der Waals surface area contributed by atoms with Crippen molar-refractivity contribution in [1.82, 2.24) is 9.97 Å². The van der Waals surface area contributed by atoms with Gasteiger partial charge in [0.2, 0.25) is 0 Å². The highest BCUT2D eigenvalue weighted by atomic mass is 19.1. The summed E-state index contributed by atoms with van der Waals surface area (Å²) in [6.07, 6.45) is 0. The second-order valence-electron chi connectivity index (χ2n) is 12.7. The van der Waals surface area contributed by atoms with Gasteiger partial charge in [0, 0.05) is 49.4 Å². The Labute approximate surface area is 292 Å². The molecule has 0 bridgehead atoms. The van der Waals surface area contributed by atoms with Crippen LogP contribution in [0.5, 0.6) is 0 Å². The van der Waals surface area contributed by atoms with Crippen LogP contribution in [-0.2, 0) is 0 Å². The minimum absolute atomic E-state index is 0.298. The van der Waals surface area contributed by atoms with Crippen LogP contribution >= 0.6 is 0 Å². The molecule has 4 nitrogen and oxygen atoms in total. The summed E-state index contributed by atoms with van der Waals surface area (Å²) in [4.78, 5) is 10.1. The van der Waals surface area contributed by atoms with Crippen molar-refractivity contribution in [2.75, 3.05) is 0 Å². The van der Waals surface area contributed by atoms with E-state index in [1.165, 1.54) is 12.1 Å². The van der Waals surface area contributed by atoms with E-state index in [2.05, 4.69) is 66.7 Å². The van der Waals surface area contributed by atoms with Crippen LogP contribution in [0.3, 0.4) is 0 Å². The summed E-state index contributed by atoms with van der Waals surface area (Å²) >= 11 is 0. The average Bonchev–Trinajstić information content (AvgIpc) is 3.77. The molecule has 0 saturated carbocycles. The van der Waals surface area contributed by atoms with Gasteiger partial charge in [0.25, 0.3) is 0 Å². The Morgan fingerprint density at radius 2 is 0.863 bits per heavy atom. The van der Waals surface area contributed by atoms with Gasteiger partial charge in [-0.2, -0.15) is 0 Å². The summed E-state index contributed by atoms with van der Waals surface area (Å²) in [5, 5.41) is 4.26. The number of nitrogens with zero attached hydrogens (tertiary/aromatic N) is 2. The van der Waals surface area contributed by atoms with Crippen molar-refractivity contribution in [2.45, 2.75) is 0 Å². The summed E-state index contributed by atoms with van der Waals surface area (Å²) in [6.45, 7) is 0. The molecule has 0 aliphatic rings. The highest BCUT2D eigenvalue weighted by molar-refractivity contribution is 6.11. The Hall–Kier alpha value is -6.85. The Morgan fingerprint density at radius 1 is 0.373 bits per heavy atom. The lowest BCUT2D eigenvalue weighted by Crippen LogP contribution is -1.96. The third-order valence-corrected chi connectivity index (χ3v) is 9.56. The molecule has 10 aromatic rings. The molecule has 3 heterocycles. The second kappa shape index (κ2) is 11.6. The first-order chi connectivity index (χ1) is 25.2. The molecule has 0 unspecified atom stereocenters. The molecule has 51 heavy (non-hydrogen) atoms. The quantitative estimate of drug-likeness (QED) is 0.185. The van der Waals surface area contributed by atoms with Crippen molar-refractivity contribution in [3.05, 3.63) is 170 Å². The summed E-state index contributed by atoms with van der Waals surface area (Å²) in [5.41, 5.74) is 11.2. The minimum Gasteiger partial charge on any atom is -0.455 e. The SMILES string of the molecule is Fc1ccc(-c2cc(-c3cc(-c4cccc5c4oc4ccccc45)cc(-c4cccc5c4oc4ccccc45)c3)nc(-c3ccccc3)n2)cc1. The monoisotopic (exact) mass is 658 g/mol. The average molecular weight is 659 g/mol. The van der Waals surface area contributed by atoms with E-state index in [4.69, 9.17) is 18.8 Å². The summed E-state index contributed by atoms with van der Waals surface area (Å²) in [5.74, 6) is 0.284. The van der Waals surface area contributed by atoms with Gasteiger partial charge in [0.15, 0.2) is 5.82 Å².